The number of nitrogens with zero attached hydrogens (tertiary/aromatic N) is 3. The molecule has 0 saturated carbocycles. The molecule has 1 unspecified atom stereocenters. The van der Waals surface area contributed by atoms with Crippen LogP contribution in [0.1, 0.15) is 43.1 Å². The first-order chi connectivity index (χ1) is 13.3. The summed E-state index contributed by atoms with van der Waals surface area (Å²) in [6, 6.07) is 14.1. The van der Waals surface area contributed by atoms with E-state index in [1.807, 2.05) is 42.5 Å². The second kappa shape index (κ2) is 7.74. The highest BCUT2D eigenvalue weighted by Crippen LogP contribution is 2.27. The predicted octanol–water partition coefficient (Wildman–Crippen LogP) is 4.65. The van der Waals surface area contributed by atoms with Crippen LogP contribution < -0.4 is 10.2 Å². The monoisotopic (exact) mass is 360 g/mol. The van der Waals surface area contributed by atoms with Crippen LogP contribution in [0.15, 0.2) is 54.9 Å². The Balaban J connectivity index is 1.59. The average molecular weight is 360 g/mol. The van der Waals surface area contributed by atoms with Crippen molar-refractivity contribution in [3.05, 3.63) is 60.6 Å². The summed E-state index contributed by atoms with van der Waals surface area (Å²) < 4.78 is 0. The fourth-order valence-electron chi connectivity index (χ4n) is 3.88. The number of amides is 1. The fraction of sp³-hybridized carbons (Fsp3) is 0.318. The van der Waals surface area contributed by atoms with E-state index in [1.165, 1.54) is 19.3 Å². The van der Waals surface area contributed by atoms with Gasteiger partial charge in [-0.25, -0.2) is 0 Å². The zero-order valence-electron chi connectivity index (χ0n) is 15.6. The smallest absolute Gasteiger partial charge is 0.274 e. The second-order valence-corrected chi connectivity index (χ2v) is 6.99. The molecule has 1 saturated heterocycles. The summed E-state index contributed by atoms with van der Waals surface area (Å²) in [7, 11) is 0. The summed E-state index contributed by atoms with van der Waals surface area (Å²) in [5.74, 6) is -0.208. The van der Waals surface area contributed by atoms with Gasteiger partial charge in [0.15, 0.2) is 0 Å². The van der Waals surface area contributed by atoms with Crippen molar-refractivity contribution in [3.63, 3.8) is 0 Å². The van der Waals surface area contributed by atoms with Crippen molar-refractivity contribution in [2.75, 3.05) is 16.8 Å². The van der Waals surface area contributed by atoms with E-state index >= 15 is 0 Å². The van der Waals surface area contributed by atoms with Gasteiger partial charge in [-0.3, -0.25) is 14.8 Å². The molecule has 2 aromatic heterocycles. The topological polar surface area (TPSA) is 58.1 Å². The minimum Gasteiger partial charge on any atom is -0.368 e. The Morgan fingerprint density at radius 3 is 2.93 bits per heavy atom. The lowest BCUT2D eigenvalue weighted by Gasteiger charge is -2.37. The third-order valence-electron chi connectivity index (χ3n) is 5.29. The highest BCUT2D eigenvalue weighted by molar-refractivity contribution is 6.07. The molecule has 1 aromatic carbocycles. The predicted molar refractivity (Wildman–Crippen MR) is 109 cm³/mol. The molecule has 27 heavy (non-hydrogen) atoms. The normalized spacial score (nSPS) is 17.1. The van der Waals surface area contributed by atoms with E-state index in [1.54, 1.807) is 12.4 Å². The number of anilines is 2. The van der Waals surface area contributed by atoms with Crippen LogP contribution in [-0.4, -0.2) is 28.5 Å². The minimum absolute atomic E-state index is 0.208. The summed E-state index contributed by atoms with van der Waals surface area (Å²) in [6.07, 6.45) is 8.27. The van der Waals surface area contributed by atoms with Crippen molar-refractivity contribution in [2.24, 2.45) is 0 Å². The third kappa shape index (κ3) is 3.63. The number of piperidine rings is 1. The van der Waals surface area contributed by atoms with Crippen LogP contribution in [0.25, 0.3) is 10.9 Å². The first kappa shape index (κ1) is 17.5. The SMILES string of the molecule is CCC1CCCCN1c1ccnc(C(=O)Nc2cccc3cccnc23)c1. The molecule has 5 heteroatoms. The summed E-state index contributed by atoms with van der Waals surface area (Å²) in [5.41, 5.74) is 3.00. The largest absolute Gasteiger partial charge is 0.368 e. The molecule has 0 bridgehead atoms. The van der Waals surface area contributed by atoms with E-state index in [2.05, 4.69) is 27.1 Å². The summed E-state index contributed by atoms with van der Waals surface area (Å²) in [5, 5.41) is 3.97. The number of hydrogen-bond acceptors (Lipinski definition) is 4. The molecule has 1 aliphatic heterocycles. The third-order valence-corrected chi connectivity index (χ3v) is 5.29. The highest BCUT2D eigenvalue weighted by Gasteiger charge is 2.22. The van der Waals surface area contributed by atoms with Gasteiger partial charge in [0, 0.05) is 36.1 Å². The number of para-hydroxylation sites is 1. The van der Waals surface area contributed by atoms with Crippen molar-refractivity contribution >= 4 is 28.2 Å². The first-order valence-electron chi connectivity index (χ1n) is 9.64. The lowest BCUT2D eigenvalue weighted by molar-refractivity contribution is 0.102. The van der Waals surface area contributed by atoms with Gasteiger partial charge < -0.3 is 10.2 Å². The summed E-state index contributed by atoms with van der Waals surface area (Å²) in [6.45, 7) is 3.27. The van der Waals surface area contributed by atoms with Crippen LogP contribution in [0.5, 0.6) is 0 Å². The van der Waals surface area contributed by atoms with E-state index in [-0.39, 0.29) is 5.91 Å². The number of fused-ring (bicyclic) bond motifs is 1. The molecule has 0 radical (unpaired) electrons. The van der Waals surface area contributed by atoms with Crippen molar-refractivity contribution < 1.29 is 4.79 Å². The van der Waals surface area contributed by atoms with Gasteiger partial charge in [-0.05, 0) is 49.9 Å². The van der Waals surface area contributed by atoms with Crippen molar-refractivity contribution in [1.29, 1.82) is 0 Å². The molecule has 1 aliphatic rings. The van der Waals surface area contributed by atoms with Crippen LogP contribution in [0.4, 0.5) is 11.4 Å². The summed E-state index contributed by atoms with van der Waals surface area (Å²) >= 11 is 0. The maximum Gasteiger partial charge on any atom is 0.274 e. The van der Waals surface area contributed by atoms with E-state index in [9.17, 15) is 4.79 Å². The minimum atomic E-state index is -0.208. The molecular formula is C22H24N4O. The average Bonchev–Trinajstić information content (AvgIpc) is 2.74. The van der Waals surface area contributed by atoms with E-state index in [0.29, 0.717) is 17.4 Å². The van der Waals surface area contributed by atoms with Gasteiger partial charge in [0.25, 0.3) is 5.91 Å². The number of hydrogen-bond donors (Lipinski definition) is 1. The van der Waals surface area contributed by atoms with E-state index in [4.69, 9.17) is 0 Å². The van der Waals surface area contributed by atoms with Crippen LogP contribution in [-0.2, 0) is 0 Å². The maximum absolute atomic E-state index is 12.8. The number of carbonyl (C=O) groups excluding carboxylic acids is 1. The Morgan fingerprint density at radius 1 is 1.15 bits per heavy atom. The van der Waals surface area contributed by atoms with Gasteiger partial charge >= 0.3 is 0 Å². The van der Waals surface area contributed by atoms with Crippen molar-refractivity contribution in [1.82, 2.24) is 9.97 Å². The number of aromatic nitrogens is 2. The van der Waals surface area contributed by atoms with E-state index < -0.39 is 0 Å². The quantitative estimate of drug-likeness (QED) is 0.736. The van der Waals surface area contributed by atoms with E-state index in [0.717, 1.165) is 29.6 Å². The number of carbonyl (C=O) groups is 1. The Bertz CT molecular complexity index is 950. The number of rotatable bonds is 4. The lowest BCUT2D eigenvalue weighted by Crippen LogP contribution is -2.39. The van der Waals surface area contributed by atoms with Crippen LogP contribution >= 0.6 is 0 Å². The molecule has 3 heterocycles. The first-order valence-corrected chi connectivity index (χ1v) is 9.64. The summed E-state index contributed by atoms with van der Waals surface area (Å²) in [4.78, 5) is 23.9. The molecule has 138 valence electrons. The van der Waals surface area contributed by atoms with Gasteiger partial charge in [0.1, 0.15) is 5.69 Å². The lowest BCUT2D eigenvalue weighted by atomic mass is 9.99. The van der Waals surface area contributed by atoms with Gasteiger partial charge in [-0.1, -0.05) is 25.1 Å². The van der Waals surface area contributed by atoms with Gasteiger partial charge in [-0.15, -0.1) is 0 Å². The molecule has 1 N–H and O–H groups in total. The molecule has 5 nitrogen and oxygen atoms in total. The zero-order chi connectivity index (χ0) is 18.6. The molecule has 0 aliphatic carbocycles. The van der Waals surface area contributed by atoms with Crippen LogP contribution in [0, 0.1) is 0 Å². The molecule has 4 rings (SSSR count). The molecular weight excluding hydrogens is 336 g/mol. The molecule has 1 fully saturated rings. The number of benzene rings is 1. The van der Waals surface area contributed by atoms with Gasteiger partial charge in [0.05, 0.1) is 11.2 Å². The Kier molecular flexibility index (Phi) is 5.01. The Hall–Kier alpha value is -2.95. The Morgan fingerprint density at radius 2 is 2.04 bits per heavy atom. The van der Waals surface area contributed by atoms with Gasteiger partial charge in [0.2, 0.25) is 0 Å². The van der Waals surface area contributed by atoms with Crippen LogP contribution in [0.2, 0.25) is 0 Å². The second-order valence-electron chi connectivity index (χ2n) is 6.99. The fourth-order valence-corrected chi connectivity index (χ4v) is 3.88. The Labute approximate surface area is 159 Å². The van der Waals surface area contributed by atoms with Crippen molar-refractivity contribution in [3.8, 4) is 0 Å². The van der Waals surface area contributed by atoms with Crippen LogP contribution in [0.3, 0.4) is 0 Å². The standard InChI is InChI=1S/C22H24N4O/c1-2-17-9-3-4-14-26(17)18-11-13-23-20(15-18)22(27)25-19-10-5-7-16-8-6-12-24-21(16)19/h5-8,10-13,15,17H,2-4,9,14H2,1H3,(H,25,27). The number of pyridine rings is 2. The maximum atomic E-state index is 12.8. The highest BCUT2D eigenvalue weighted by atomic mass is 16.1. The molecule has 3 aromatic rings. The van der Waals surface area contributed by atoms with Gasteiger partial charge in [-0.2, -0.15) is 0 Å². The molecule has 1 amide bonds. The molecule has 1 atom stereocenters. The molecule has 0 spiro atoms. The van der Waals surface area contributed by atoms with Crippen molar-refractivity contribution in [2.45, 2.75) is 38.6 Å². The zero-order valence-corrected chi connectivity index (χ0v) is 15.6. The number of nitrogens with one attached hydrogen (secondary N) is 1.